The van der Waals surface area contributed by atoms with E-state index in [1.165, 1.54) is 5.56 Å². The molecular weight excluding hydrogens is 228 g/mol. The van der Waals surface area contributed by atoms with Crippen molar-refractivity contribution < 1.29 is 0 Å². The fourth-order valence-electron chi connectivity index (χ4n) is 2.16. The summed E-state index contributed by atoms with van der Waals surface area (Å²) in [5, 5.41) is 0. The molecule has 0 atom stereocenters. The molecule has 0 unspecified atom stereocenters. The molecule has 0 bridgehead atoms. The van der Waals surface area contributed by atoms with Crippen LogP contribution in [0.1, 0.15) is 31.9 Å². The highest BCUT2D eigenvalue weighted by molar-refractivity contribution is 7.80. The molecule has 0 spiro atoms. The predicted octanol–water partition coefficient (Wildman–Crippen LogP) is 3.11. The number of nitrogens with two attached hydrogens (primary N) is 1. The molecule has 94 valence electrons. The van der Waals surface area contributed by atoms with Crippen LogP contribution in [0.15, 0.2) is 18.2 Å². The lowest BCUT2D eigenvalue weighted by Crippen LogP contribution is -2.31. The maximum absolute atomic E-state index is 5.79. The fraction of sp³-hybridized carbons (Fsp3) is 0.500. The third kappa shape index (κ3) is 3.70. The van der Waals surface area contributed by atoms with Crippen molar-refractivity contribution >= 4 is 22.9 Å². The number of nitrogens with zero attached hydrogens (tertiary/aromatic N) is 1. The molecule has 1 aromatic rings. The van der Waals surface area contributed by atoms with Crippen molar-refractivity contribution in [3.05, 3.63) is 29.3 Å². The van der Waals surface area contributed by atoms with Crippen LogP contribution in [0.4, 0.5) is 5.69 Å². The van der Waals surface area contributed by atoms with E-state index in [2.05, 4.69) is 45.7 Å². The summed E-state index contributed by atoms with van der Waals surface area (Å²) in [7, 11) is 2.09. The average molecular weight is 250 g/mol. The molecule has 17 heavy (non-hydrogen) atoms. The molecule has 0 aromatic heterocycles. The molecule has 2 nitrogen and oxygen atoms in total. The lowest BCUT2D eigenvalue weighted by atomic mass is 9.95. The second kappa shape index (κ2) is 5.05. The van der Waals surface area contributed by atoms with Crippen molar-refractivity contribution in [1.29, 1.82) is 0 Å². The summed E-state index contributed by atoms with van der Waals surface area (Å²) in [5.41, 5.74) is 9.35. The van der Waals surface area contributed by atoms with Crippen LogP contribution in [0, 0.1) is 12.3 Å². The molecule has 0 saturated heterocycles. The summed E-state index contributed by atoms with van der Waals surface area (Å²) < 4.78 is 0. The van der Waals surface area contributed by atoms with Gasteiger partial charge in [-0.05, 0) is 24.0 Å². The lowest BCUT2D eigenvalue weighted by molar-refractivity contribution is 0.418. The van der Waals surface area contributed by atoms with E-state index in [-0.39, 0.29) is 5.41 Å². The van der Waals surface area contributed by atoms with Crippen LogP contribution in [0.2, 0.25) is 0 Å². The minimum absolute atomic E-state index is 0.241. The Balaban J connectivity index is 3.16. The first-order chi connectivity index (χ1) is 7.72. The van der Waals surface area contributed by atoms with E-state index in [1.807, 2.05) is 12.1 Å². The molecular formula is C14H22N2S. The largest absolute Gasteiger partial charge is 0.389 e. The van der Waals surface area contributed by atoms with Crippen molar-refractivity contribution in [2.75, 3.05) is 18.5 Å². The molecule has 1 rings (SSSR count). The van der Waals surface area contributed by atoms with Gasteiger partial charge in [-0.2, -0.15) is 0 Å². The van der Waals surface area contributed by atoms with Gasteiger partial charge in [-0.15, -0.1) is 0 Å². The third-order valence-corrected chi connectivity index (χ3v) is 2.82. The topological polar surface area (TPSA) is 29.3 Å². The van der Waals surface area contributed by atoms with Crippen molar-refractivity contribution in [1.82, 2.24) is 0 Å². The second-order valence-electron chi connectivity index (χ2n) is 5.75. The van der Waals surface area contributed by atoms with Gasteiger partial charge in [-0.3, -0.25) is 0 Å². The van der Waals surface area contributed by atoms with Crippen LogP contribution in [0.25, 0.3) is 0 Å². The average Bonchev–Trinajstić information content (AvgIpc) is 2.13. The van der Waals surface area contributed by atoms with Gasteiger partial charge in [0.1, 0.15) is 4.99 Å². The molecule has 0 aliphatic heterocycles. The maximum atomic E-state index is 5.79. The first-order valence-electron chi connectivity index (χ1n) is 5.83. The molecule has 0 amide bonds. The predicted molar refractivity (Wildman–Crippen MR) is 79.8 cm³/mol. The fourth-order valence-corrected chi connectivity index (χ4v) is 2.32. The van der Waals surface area contributed by atoms with Gasteiger partial charge in [-0.1, -0.05) is 45.1 Å². The molecule has 0 saturated carbocycles. The Hall–Kier alpha value is -1.09. The Morgan fingerprint density at radius 1 is 1.35 bits per heavy atom. The van der Waals surface area contributed by atoms with Crippen LogP contribution < -0.4 is 10.6 Å². The van der Waals surface area contributed by atoms with Gasteiger partial charge in [-0.25, -0.2) is 0 Å². The van der Waals surface area contributed by atoms with E-state index >= 15 is 0 Å². The highest BCUT2D eigenvalue weighted by atomic mass is 32.1. The van der Waals surface area contributed by atoms with E-state index in [4.69, 9.17) is 18.0 Å². The molecule has 0 aliphatic rings. The van der Waals surface area contributed by atoms with E-state index in [0.29, 0.717) is 4.99 Å². The Labute approximate surface area is 110 Å². The zero-order chi connectivity index (χ0) is 13.2. The summed E-state index contributed by atoms with van der Waals surface area (Å²) in [6.07, 6.45) is 0. The summed E-state index contributed by atoms with van der Waals surface area (Å²) in [5.74, 6) is 0. The molecule has 2 N–H and O–H groups in total. The third-order valence-electron chi connectivity index (χ3n) is 2.60. The van der Waals surface area contributed by atoms with E-state index in [1.54, 1.807) is 0 Å². The normalized spacial score (nSPS) is 11.4. The van der Waals surface area contributed by atoms with E-state index in [0.717, 1.165) is 17.8 Å². The van der Waals surface area contributed by atoms with Crippen molar-refractivity contribution in [2.45, 2.75) is 27.7 Å². The standard InChI is InChI=1S/C14H22N2S/c1-10-7-6-8-11(13(15)17)12(10)16(5)9-14(2,3)4/h6-8H,9H2,1-5H3,(H2,15,17). The van der Waals surface area contributed by atoms with Gasteiger partial charge in [0.25, 0.3) is 0 Å². The zero-order valence-electron chi connectivity index (χ0n) is 11.4. The van der Waals surface area contributed by atoms with Crippen molar-refractivity contribution in [3.63, 3.8) is 0 Å². The first kappa shape index (κ1) is 14.0. The second-order valence-corrected chi connectivity index (χ2v) is 6.19. The number of rotatable bonds is 3. The highest BCUT2D eigenvalue weighted by Crippen LogP contribution is 2.27. The summed E-state index contributed by atoms with van der Waals surface area (Å²) in [6, 6.07) is 6.08. The van der Waals surface area contributed by atoms with Crippen molar-refractivity contribution in [2.24, 2.45) is 11.1 Å². The minimum atomic E-state index is 0.241. The Bertz CT molecular complexity index is 419. The van der Waals surface area contributed by atoms with Crippen LogP contribution in [-0.4, -0.2) is 18.6 Å². The maximum Gasteiger partial charge on any atom is 0.106 e. The van der Waals surface area contributed by atoms with Gasteiger partial charge in [0.15, 0.2) is 0 Å². The quantitative estimate of drug-likeness (QED) is 0.836. The number of benzene rings is 1. The smallest absolute Gasteiger partial charge is 0.106 e. The number of thiocarbonyl (C=S) groups is 1. The van der Waals surface area contributed by atoms with Crippen LogP contribution >= 0.6 is 12.2 Å². The summed E-state index contributed by atoms with van der Waals surface area (Å²) in [4.78, 5) is 2.70. The van der Waals surface area contributed by atoms with Gasteiger partial charge in [0.05, 0.1) is 0 Å². The van der Waals surface area contributed by atoms with Gasteiger partial charge < -0.3 is 10.6 Å². The first-order valence-corrected chi connectivity index (χ1v) is 6.24. The van der Waals surface area contributed by atoms with E-state index in [9.17, 15) is 0 Å². The van der Waals surface area contributed by atoms with Crippen LogP contribution in [0.3, 0.4) is 0 Å². The van der Waals surface area contributed by atoms with Crippen LogP contribution in [-0.2, 0) is 0 Å². The molecule has 0 fully saturated rings. The highest BCUT2D eigenvalue weighted by Gasteiger charge is 2.18. The van der Waals surface area contributed by atoms with Gasteiger partial charge in [0.2, 0.25) is 0 Å². The summed E-state index contributed by atoms with van der Waals surface area (Å²) >= 11 is 5.12. The zero-order valence-corrected chi connectivity index (χ0v) is 12.2. The number of hydrogen-bond acceptors (Lipinski definition) is 2. The van der Waals surface area contributed by atoms with E-state index < -0.39 is 0 Å². The summed E-state index contributed by atoms with van der Waals surface area (Å²) in [6.45, 7) is 9.73. The Morgan fingerprint density at radius 2 is 1.94 bits per heavy atom. The molecule has 0 aliphatic carbocycles. The number of anilines is 1. The lowest BCUT2D eigenvalue weighted by Gasteiger charge is -2.30. The number of para-hydroxylation sites is 1. The monoisotopic (exact) mass is 250 g/mol. The molecule has 1 aromatic carbocycles. The number of aryl methyl sites for hydroxylation is 1. The Kier molecular flexibility index (Phi) is 4.15. The Morgan fingerprint density at radius 3 is 2.41 bits per heavy atom. The SMILES string of the molecule is Cc1cccc(C(N)=S)c1N(C)CC(C)(C)C. The molecule has 0 radical (unpaired) electrons. The van der Waals surface area contributed by atoms with Crippen LogP contribution in [0.5, 0.6) is 0 Å². The van der Waals surface area contributed by atoms with Crippen molar-refractivity contribution in [3.8, 4) is 0 Å². The van der Waals surface area contributed by atoms with Gasteiger partial charge >= 0.3 is 0 Å². The van der Waals surface area contributed by atoms with Gasteiger partial charge in [0, 0.05) is 24.8 Å². The molecule has 3 heteroatoms. The molecule has 0 heterocycles. The number of hydrogen-bond donors (Lipinski definition) is 1. The minimum Gasteiger partial charge on any atom is -0.389 e.